The molecule has 1 atom stereocenters. The van der Waals surface area contributed by atoms with Gasteiger partial charge in [0.25, 0.3) is 5.56 Å². The smallest absolute Gasteiger partial charge is 0.254 e. The lowest BCUT2D eigenvalue weighted by molar-refractivity contribution is 0.129. The molecule has 0 spiro atoms. The summed E-state index contributed by atoms with van der Waals surface area (Å²) < 4.78 is 37.6. The number of nitrogens with one attached hydrogen (secondary N) is 2. The number of aliphatic hydroxyl groups excluding tert-OH is 1. The summed E-state index contributed by atoms with van der Waals surface area (Å²) >= 11 is 0. The number of rotatable bonds is 8. The zero-order valence-corrected chi connectivity index (χ0v) is 18.1. The number of aryl methyl sites for hydroxylation is 1. The fraction of sp³-hybridized carbons (Fsp3) is 0.238. The van der Waals surface area contributed by atoms with Crippen LogP contribution in [0.3, 0.4) is 0 Å². The van der Waals surface area contributed by atoms with Crippen molar-refractivity contribution >= 4 is 10.0 Å². The minimum atomic E-state index is -3.55. The highest BCUT2D eigenvalue weighted by molar-refractivity contribution is 7.89. The number of hydrogen-bond donors (Lipinski definition) is 3. The average Bonchev–Trinajstić information content (AvgIpc) is 2.75. The Balaban J connectivity index is 1.97. The van der Waals surface area contributed by atoms with Gasteiger partial charge in [0, 0.05) is 23.4 Å². The lowest BCUT2D eigenvalue weighted by atomic mass is 10.1. The molecule has 0 aliphatic rings. The molecule has 164 valence electrons. The van der Waals surface area contributed by atoms with Crippen LogP contribution in [0.15, 0.2) is 58.4 Å². The van der Waals surface area contributed by atoms with E-state index < -0.39 is 16.1 Å². The van der Waals surface area contributed by atoms with Gasteiger partial charge >= 0.3 is 0 Å². The van der Waals surface area contributed by atoms with E-state index >= 15 is 0 Å². The Bertz CT molecular complexity index is 1220. The first-order valence-electron chi connectivity index (χ1n) is 9.42. The maximum absolute atomic E-state index is 12.0. The first-order chi connectivity index (χ1) is 14.7. The lowest BCUT2D eigenvalue weighted by Gasteiger charge is -2.15. The highest BCUT2D eigenvalue weighted by Gasteiger charge is 2.13. The third-order valence-electron chi connectivity index (χ3n) is 4.36. The second-order valence-corrected chi connectivity index (χ2v) is 8.72. The van der Waals surface area contributed by atoms with Gasteiger partial charge in [0.15, 0.2) is 0 Å². The van der Waals surface area contributed by atoms with Gasteiger partial charge < -0.3 is 19.6 Å². The molecule has 1 aromatic heterocycles. The number of H-pyrrole nitrogens is 1. The van der Waals surface area contributed by atoms with Crippen LogP contribution in [0.5, 0.6) is 17.2 Å². The number of benzene rings is 2. The van der Waals surface area contributed by atoms with E-state index in [0.717, 1.165) is 0 Å². The van der Waals surface area contributed by atoms with Gasteiger partial charge in [-0.1, -0.05) is 0 Å². The van der Waals surface area contributed by atoms with Crippen LogP contribution >= 0.6 is 0 Å². The summed E-state index contributed by atoms with van der Waals surface area (Å²) in [5.74, 6) is 1.52. The summed E-state index contributed by atoms with van der Waals surface area (Å²) in [6.45, 7) is 3.19. The van der Waals surface area contributed by atoms with Crippen LogP contribution in [-0.4, -0.2) is 43.3 Å². The van der Waals surface area contributed by atoms with Crippen LogP contribution in [0, 0.1) is 6.92 Å². The van der Waals surface area contributed by atoms with Crippen LogP contribution < -0.4 is 19.8 Å². The monoisotopic (exact) mass is 445 g/mol. The molecule has 0 saturated carbocycles. The SMILES string of the molecule is CNS(=O)(=O)c1ccc(Oc2cc(O[C@@H](C)CO)cc(-c3ncc(C)c(=O)[nH]3)c2)cc1. The normalized spacial score (nSPS) is 12.4. The third kappa shape index (κ3) is 5.48. The minimum absolute atomic E-state index is 0.110. The van der Waals surface area contributed by atoms with E-state index in [2.05, 4.69) is 14.7 Å². The van der Waals surface area contributed by atoms with E-state index in [1.807, 2.05) is 0 Å². The van der Waals surface area contributed by atoms with Crippen molar-refractivity contribution in [1.29, 1.82) is 0 Å². The van der Waals surface area contributed by atoms with Crippen molar-refractivity contribution in [1.82, 2.24) is 14.7 Å². The standard InChI is InChI=1S/C21H23N3O6S/c1-13-11-23-20(24-21(13)26)15-8-17(29-14(2)12-25)10-18(9-15)30-16-4-6-19(7-5-16)31(27,28)22-3/h4-11,14,22,25H,12H2,1-3H3,(H,23,24,26)/t14-/m0/s1. The first kappa shape index (κ1) is 22.5. The molecule has 3 aromatic rings. The Morgan fingerprint density at radius 3 is 2.42 bits per heavy atom. The van der Waals surface area contributed by atoms with Crippen molar-refractivity contribution in [2.75, 3.05) is 13.7 Å². The second kappa shape index (κ2) is 9.29. The van der Waals surface area contributed by atoms with Gasteiger partial charge in [0.2, 0.25) is 10.0 Å². The first-order valence-corrected chi connectivity index (χ1v) is 10.9. The van der Waals surface area contributed by atoms with Gasteiger partial charge in [-0.3, -0.25) is 4.79 Å². The Morgan fingerprint density at radius 2 is 1.81 bits per heavy atom. The van der Waals surface area contributed by atoms with Gasteiger partial charge in [-0.15, -0.1) is 0 Å². The van der Waals surface area contributed by atoms with E-state index in [9.17, 15) is 18.3 Å². The van der Waals surface area contributed by atoms with Crippen LogP contribution in [0.25, 0.3) is 11.4 Å². The van der Waals surface area contributed by atoms with Gasteiger partial charge in [-0.05, 0) is 57.3 Å². The predicted molar refractivity (Wildman–Crippen MR) is 115 cm³/mol. The number of aromatic amines is 1. The molecule has 0 aliphatic carbocycles. The zero-order chi connectivity index (χ0) is 22.6. The van der Waals surface area contributed by atoms with Crippen LogP contribution in [0.2, 0.25) is 0 Å². The van der Waals surface area contributed by atoms with Gasteiger partial charge in [-0.25, -0.2) is 18.1 Å². The number of sulfonamides is 1. The van der Waals surface area contributed by atoms with E-state index in [0.29, 0.717) is 34.2 Å². The van der Waals surface area contributed by atoms with Crippen molar-refractivity contribution in [2.24, 2.45) is 0 Å². The molecule has 0 amide bonds. The van der Waals surface area contributed by atoms with Crippen molar-refractivity contribution < 1.29 is 23.0 Å². The molecule has 0 unspecified atom stereocenters. The fourth-order valence-electron chi connectivity index (χ4n) is 2.65. The summed E-state index contributed by atoms with van der Waals surface area (Å²) in [4.78, 5) is 19.1. The van der Waals surface area contributed by atoms with Crippen molar-refractivity contribution in [3.63, 3.8) is 0 Å². The van der Waals surface area contributed by atoms with Crippen molar-refractivity contribution in [2.45, 2.75) is 24.8 Å². The van der Waals surface area contributed by atoms with Crippen molar-refractivity contribution in [3.8, 4) is 28.6 Å². The van der Waals surface area contributed by atoms with Gasteiger partial charge in [-0.2, -0.15) is 0 Å². The molecular formula is C21H23N3O6S. The Kier molecular flexibility index (Phi) is 6.74. The maximum atomic E-state index is 12.0. The van der Waals surface area contributed by atoms with E-state index in [-0.39, 0.29) is 17.1 Å². The van der Waals surface area contributed by atoms with Gasteiger partial charge in [0.1, 0.15) is 29.2 Å². The molecule has 0 bridgehead atoms. The van der Waals surface area contributed by atoms with E-state index in [1.165, 1.54) is 37.5 Å². The molecule has 1 heterocycles. The zero-order valence-electron chi connectivity index (χ0n) is 17.2. The fourth-order valence-corrected chi connectivity index (χ4v) is 3.38. The molecule has 3 rings (SSSR count). The third-order valence-corrected chi connectivity index (χ3v) is 5.79. The summed E-state index contributed by atoms with van der Waals surface area (Å²) in [5.41, 5.74) is 0.770. The minimum Gasteiger partial charge on any atom is -0.488 e. The second-order valence-electron chi connectivity index (χ2n) is 6.83. The molecule has 31 heavy (non-hydrogen) atoms. The molecule has 9 nitrogen and oxygen atoms in total. The molecular weight excluding hydrogens is 422 g/mol. The molecule has 2 aromatic carbocycles. The predicted octanol–water partition coefficient (Wildman–Crippen LogP) is 2.21. The summed E-state index contributed by atoms with van der Waals surface area (Å²) in [6, 6.07) is 10.9. The molecule has 0 saturated heterocycles. The summed E-state index contributed by atoms with van der Waals surface area (Å²) in [6.07, 6.45) is 1.01. The molecule has 0 fully saturated rings. The average molecular weight is 445 g/mol. The Hall–Kier alpha value is -3.21. The quantitative estimate of drug-likeness (QED) is 0.484. The van der Waals surface area contributed by atoms with E-state index in [4.69, 9.17) is 9.47 Å². The Morgan fingerprint density at radius 1 is 1.13 bits per heavy atom. The topological polar surface area (TPSA) is 131 Å². The highest BCUT2D eigenvalue weighted by atomic mass is 32.2. The van der Waals surface area contributed by atoms with E-state index in [1.54, 1.807) is 32.0 Å². The number of hydrogen-bond acceptors (Lipinski definition) is 7. The van der Waals surface area contributed by atoms with Gasteiger partial charge in [0.05, 0.1) is 11.5 Å². The number of ether oxygens (including phenoxy) is 2. The van der Waals surface area contributed by atoms with Crippen LogP contribution in [-0.2, 0) is 10.0 Å². The number of aromatic nitrogens is 2. The largest absolute Gasteiger partial charge is 0.488 e. The Labute approximate surface area is 179 Å². The highest BCUT2D eigenvalue weighted by Crippen LogP contribution is 2.32. The lowest BCUT2D eigenvalue weighted by Crippen LogP contribution is -2.18. The maximum Gasteiger partial charge on any atom is 0.254 e. The molecule has 3 N–H and O–H groups in total. The molecule has 10 heteroatoms. The molecule has 0 aliphatic heterocycles. The summed E-state index contributed by atoms with van der Waals surface area (Å²) in [5, 5.41) is 9.30. The van der Waals surface area contributed by atoms with Crippen LogP contribution in [0.4, 0.5) is 0 Å². The van der Waals surface area contributed by atoms with Crippen LogP contribution in [0.1, 0.15) is 12.5 Å². The van der Waals surface area contributed by atoms with Crippen molar-refractivity contribution in [3.05, 3.63) is 64.6 Å². The molecule has 0 radical (unpaired) electrons. The number of aliphatic hydroxyl groups is 1. The number of nitrogens with zero attached hydrogens (tertiary/aromatic N) is 1. The summed E-state index contributed by atoms with van der Waals surface area (Å²) in [7, 11) is -2.22.